The summed E-state index contributed by atoms with van der Waals surface area (Å²) in [7, 11) is 0. The van der Waals surface area contributed by atoms with Crippen LogP contribution in [0.3, 0.4) is 0 Å². The Morgan fingerprint density at radius 1 is 1.08 bits per heavy atom. The number of aryl methyl sites for hydroxylation is 2. The van der Waals surface area contributed by atoms with Crippen LogP contribution in [0, 0.1) is 0 Å². The molecule has 0 aliphatic heterocycles. The van der Waals surface area contributed by atoms with Gasteiger partial charge in [-0.3, -0.25) is 4.98 Å². The van der Waals surface area contributed by atoms with Crippen LogP contribution in [-0.2, 0) is 12.8 Å². The number of nitrogens with zero attached hydrogens (tertiary/aromatic N) is 3. The Morgan fingerprint density at radius 2 is 2.00 bits per heavy atom. The molecule has 0 radical (unpaired) electrons. The van der Waals surface area contributed by atoms with Crippen LogP contribution in [0.5, 0.6) is 0 Å². The number of aromatic nitrogens is 4. The maximum atomic E-state index is 5.31. The molecule has 5 nitrogen and oxygen atoms in total. The molecule has 0 spiro atoms. The van der Waals surface area contributed by atoms with Crippen LogP contribution in [0.25, 0.3) is 21.6 Å². The molecule has 0 saturated heterocycles. The largest absolute Gasteiger partial charge is 0.361 e. The summed E-state index contributed by atoms with van der Waals surface area (Å²) in [5.74, 6) is 1.36. The van der Waals surface area contributed by atoms with Gasteiger partial charge in [0.1, 0.15) is 0 Å². The zero-order valence-electron chi connectivity index (χ0n) is 13.2. The minimum atomic E-state index is 0.645. The minimum Gasteiger partial charge on any atom is -0.361 e. The van der Waals surface area contributed by atoms with E-state index in [1.165, 1.54) is 27.8 Å². The Bertz CT molecular complexity index is 910. The van der Waals surface area contributed by atoms with Crippen molar-refractivity contribution in [2.45, 2.75) is 32.1 Å². The lowest BCUT2D eigenvalue weighted by molar-refractivity contribution is 0.374. The Kier molecular flexibility index (Phi) is 4.38. The van der Waals surface area contributed by atoms with Crippen LogP contribution in [0.15, 0.2) is 46.7 Å². The SMILES string of the molecule is c1ccc2c(CCCCCc3nc(-c4cncs4)no3)c[nH]c2c1. The highest BCUT2D eigenvalue weighted by Crippen LogP contribution is 2.21. The lowest BCUT2D eigenvalue weighted by atomic mass is 10.1. The number of hydrogen-bond acceptors (Lipinski definition) is 5. The van der Waals surface area contributed by atoms with Crippen LogP contribution in [0.1, 0.15) is 30.7 Å². The number of benzene rings is 1. The summed E-state index contributed by atoms with van der Waals surface area (Å²) in [4.78, 5) is 12.7. The van der Waals surface area contributed by atoms with Gasteiger partial charge in [0.25, 0.3) is 0 Å². The van der Waals surface area contributed by atoms with Crippen molar-refractivity contribution >= 4 is 22.2 Å². The molecule has 24 heavy (non-hydrogen) atoms. The van der Waals surface area contributed by atoms with Gasteiger partial charge in [-0.25, -0.2) is 0 Å². The van der Waals surface area contributed by atoms with Gasteiger partial charge in [-0.15, -0.1) is 11.3 Å². The summed E-state index contributed by atoms with van der Waals surface area (Å²) in [5.41, 5.74) is 4.39. The molecule has 0 saturated carbocycles. The summed E-state index contributed by atoms with van der Waals surface area (Å²) in [6, 6.07) is 8.46. The van der Waals surface area contributed by atoms with Crippen molar-refractivity contribution in [3.05, 3.63) is 53.6 Å². The van der Waals surface area contributed by atoms with E-state index in [2.05, 4.69) is 50.6 Å². The Labute approximate surface area is 143 Å². The van der Waals surface area contributed by atoms with E-state index in [0.29, 0.717) is 11.7 Å². The molecule has 1 aromatic carbocycles. The van der Waals surface area contributed by atoms with E-state index in [1.54, 1.807) is 11.7 Å². The average Bonchev–Trinajstić information content (AvgIpc) is 3.35. The van der Waals surface area contributed by atoms with Gasteiger partial charge in [0, 0.05) is 29.7 Å². The lowest BCUT2D eigenvalue weighted by Crippen LogP contribution is -1.88. The molecule has 122 valence electrons. The normalized spacial score (nSPS) is 11.3. The molecule has 6 heteroatoms. The first kappa shape index (κ1) is 15.1. The monoisotopic (exact) mass is 338 g/mol. The van der Waals surface area contributed by atoms with Gasteiger partial charge < -0.3 is 9.51 Å². The van der Waals surface area contributed by atoms with Crippen molar-refractivity contribution in [1.29, 1.82) is 0 Å². The smallest absolute Gasteiger partial charge is 0.226 e. The third-order valence-electron chi connectivity index (χ3n) is 4.13. The van der Waals surface area contributed by atoms with E-state index in [-0.39, 0.29) is 0 Å². The minimum absolute atomic E-state index is 0.645. The first-order chi connectivity index (χ1) is 11.9. The number of aromatic amines is 1. The second-order valence-corrected chi connectivity index (χ2v) is 6.68. The number of rotatable bonds is 7. The van der Waals surface area contributed by atoms with Gasteiger partial charge >= 0.3 is 0 Å². The molecule has 3 aromatic heterocycles. The third kappa shape index (κ3) is 3.23. The summed E-state index contributed by atoms with van der Waals surface area (Å²) in [5, 5.41) is 5.35. The van der Waals surface area contributed by atoms with Gasteiger partial charge in [-0.1, -0.05) is 29.8 Å². The maximum absolute atomic E-state index is 5.31. The molecule has 0 aliphatic carbocycles. The van der Waals surface area contributed by atoms with Crippen molar-refractivity contribution in [3.63, 3.8) is 0 Å². The zero-order valence-corrected chi connectivity index (χ0v) is 14.1. The molecule has 0 unspecified atom stereocenters. The summed E-state index contributed by atoms with van der Waals surface area (Å²) in [6.45, 7) is 0. The van der Waals surface area contributed by atoms with E-state index in [9.17, 15) is 0 Å². The highest BCUT2D eigenvalue weighted by Gasteiger charge is 2.09. The molecule has 0 bridgehead atoms. The number of unbranched alkanes of at least 4 members (excludes halogenated alkanes) is 2. The summed E-state index contributed by atoms with van der Waals surface area (Å²) >= 11 is 1.52. The van der Waals surface area contributed by atoms with Crippen molar-refractivity contribution in [2.24, 2.45) is 0 Å². The van der Waals surface area contributed by atoms with Crippen molar-refractivity contribution in [3.8, 4) is 10.7 Å². The van der Waals surface area contributed by atoms with Gasteiger partial charge in [0.05, 0.1) is 10.4 Å². The Morgan fingerprint density at radius 3 is 2.92 bits per heavy atom. The van der Waals surface area contributed by atoms with Crippen LogP contribution < -0.4 is 0 Å². The molecule has 0 atom stereocenters. The van der Waals surface area contributed by atoms with Gasteiger partial charge in [0.15, 0.2) is 0 Å². The van der Waals surface area contributed by atoms with Crippen LogP contribution in [0.4, 0.5) is 0 Å². The van der Waals surface area contributed by atoms with E-state index in [4.69, 9.17) is 4.52 Å². The second-order valence-electron chi connectivity index (χ2n) is 5.80. The maximum Gasteiger partial charge on any atom is 0.226 e. The van der Waals surface area contributed by atoms with Gasteiger partial charge in [-0.2, -0.15) is 4.98 Å². The number of hydrogen-bond donors (Lipinski definition) is 1. The predicted molar refractivity (Wildman–Crippen MR) is 95.0 cm³/mol. The number of para-hydroxylation sites is 1. The molecule has 0 fully saturated rings. The van der Waals surface area contributed by atoms with Crippen molar-refractivity contribution in [1.82, 2.24) is 20.1 Å². The molecule has 1 N–H and O–H groups in total. The van der Waals surface area contributed by atoms with Gasteiger partial charge in [-0.05, 0) is 30.9 Å². The number of H-pyrrole nitrogens is 1. The first-order valence-corrected chi connectivity index (χ1v) is 9.04. The lowest BCUT2D eigenvalue weighted by Gasteiger charge is -1.99. The molecular formula is C18H18N4OS. The molecule has 0 aliphatic rings. The second kappa shape index (κ2) is 6.97. The topological polar surface area (TPSA) is 67.6 Å². The number of fused-ring (bicyclic) bond motifs is 1. The fourth-order valence-corrected chi connectivity index (χ4v) is 3.43. The highest BCUT2D eigenvalue weighted by molar-refractivity contribution is 7.13. The summed E-state index contributed by atoms with van der Waals surface area (Å²) in [6.07, 6.45) is 9.20. The van der Waals surface area contributed by atoms with Crippen LogP contribution >= 0.6 is 11.3 Å². The average molecular weight is 338 g/mol. The number of thiazole rings is 1. The molecule has 4 aromatic rings. The fraction of sp³-hybridized carbons (Fsp3) is 0.278. The standard InChI is InChI=1S/C18H18N4OS/c1(2-6-13-10-20-15-8-5-4-7-14(13)15)3-9-17-21-18(22-23-17)16-11-19-12-24-16/h4-5,7-8,10-12,20H,1-3,6,9H2. The molecule has 4 rings (SSSR count). The summed E-state index contributed by atoms with van der Waals surface area (Å²) < 4.78 is 5.31. The van der Waals surface area contributed by atoms with E-state index >= 15 is 0 Å². The Hall–Kier alpha value is -2.47. The molecular weight excluding hydrogens is 320 g/mol. The van der Waals surface area contributed by atoms with Crippen LogP contribution in [0.2, 0.25) is 0 Å². The quantitative estimate of drug-likeness (QED) is 0.499. The number of nitrogens with one attached hydrogen (secondary N) is 1. The van der Waals surface area contributed by atoms with E-state index in [0.717, 1.165) is 37.0 Å². The van der Waals surface area contributed by atoms with Crippen LogP contribution in [-0.4, -0.2) is 20.1 Å². The third-order valence-corrected chi connectivity index (χ3v) is 4.90. The first-order valence-electron chi connectivity index (χ1n) is 8.16. The van der Waals surface area contributed by atoms with Gasteiger partial charge in [0.2, 0.25) is 11.7 Å². The van der Waals surface area contributed by atoms with E-state index in [1.807, 2.05) is 0 Å². The molecule has 3 heterocycles. The van der Waals surface area contributed by atoms with E-state index < -0.39 is 0 Å². The Balaban J connectivity index is 1.25. The van der Waals surface area contributed by atoms with Crippen molar-refractivity contribution in [2.75, 3.05) is 0 Å². The predicted octanol–water partition coefficient (Wildman–Crippen LogP) is 4.63. The van der Waals surface area contributed by atoms with Crippen molar-refractivity contribution < 1.29 is 4.52 Å². The highest BCUT2D eigenvalue weighted by atomic mass is 32.1. The molecule has 0 amide bonds. The zero-order chi connectivity index (χ0) is 16.2. The fourth-order valence-electron chi connectivity index (χ4n) is 2.89.